The monoisotopic (exact) mass is 356 g/mol. The summed E-state index contributed by atoms with van der Waals surface area (Å²) in [5.74, 6) is 0.849. The van der Waals surface area contributed by atoms with Crippen molar-refractivity contribution in [2.24, 2.45) is 0 Å². The van der Waals surface area contributed by atoms with Crippen molar-refractivity contribution in [1.82, 2.24) is 9.97 Å². The van der Waals surface area contributed by atoms with Crippen LogP contribution in [0.15, 0.2) is 29.1 Å². The molecule has 1 aliphatic heterocycles. The summed E-state index contributed by atoms with van der Waals surface area (Å²) in [7, 11) is 0. The molecular weight excluding hydrogens is 347 g/mol. The molecule has 1 aliphatic rings. The molecule has 92 valence electrons. The van der Waals surface area contributed by atoms with Gasteiger partial charge in [-0.1, -0.05) is 18.2 Å². The van der Waals surface area contributed by atoms with Gasteiger partial charge in [0.05, 0.1) is 5.92 Å². The van der Waals surface area contributed by atoms with Gasteiger partial charge in [-0.2, -0.15) is 4.98 Å². The fourth-order valence-corrected chi connectivity index (χ4v) is 2.27. The first-order valence-corrected chi connectivity index (χ1v) is 6.45. The number of aromatic amines is 1. The Kier molecular flexibility index (Phi) is 2.73. The fourth-order valence-electron chi connectivity index (χ4n) is 2.02. The fraction of sp³-hybridized carbons (Fsp3) is 0.167. The summed E-state index contributed by atoms with van der Waals surface area (Å²) in [5.41, 5.74) is 0.642. The summed E-state index contributed by atoms with van der Waals surface area (Å²) in [6.45, 7) is 0.419. The van der Waals surface area contributed by atoms with E-state index >= 15 is 0 Å². The first-order valence-electron chi connectivity index (χ1n) is 5.37. The quantitative estimate of drug-likeness (QED) is 0.762. The van der Waals surface area contributed by atoms with Gasteiger partial charge in [0, 0.05) is 5.56 Å². The van der Waals surface area contributed by atoms with Crippen LogP contribution in [-0.2, 0) is 0 Å². The second-order valence-electron chi connectivity index (χ2n) is 3.99. The van der Waals surface area contributed by atoms with E-state index in [2.05, 4.69) is 9.97 Å². The number of ether oxygens (including phenoxy) is 1. The summed E-state index contributed by atoms with van der Waals surface area (Å²) in [6.07, 6.45) is 0. The average Bonchev–Trinajstić information content (AvgIpc) is 2.79. The highest BCUT2D eigenvalue weighted by Gasteiger charge is 2.28. The van der Waals surface area contributed by atoms with Crippen LogP contribution in [0.4, 0.5) is 0 Å². The standard InChI is InChI=1S/C12H9IN2O3/c13-9-11(16)14-10(15-12(9)17)7-5-18-8-4-2-1-3-6(7)8/h1-4,7H,5H2,(H2,14,15,16,17). The molecule has 0 bridgehead atoms. The smallest absolute Gasteiger partial charge is 0.268 e. The Morgan fingerprint density at radius 2 is 2.22 bits per heavy atom. The molecule has 1 atom stereocenters. The van der Waals surface area contributed by atoms with Crippen molar-refractivity contribution in [3.63, 3.8) is 0 Å². The van der Waals surface area contributed by atoms with E-state index in [0.29, 0.717) is 12.4 Å². The SMILES string of the molecule is O=c1[nH]c(C2COc3ccccc32)nc(O)c1I. The van der Waals surface area contributed by atoms with Crippen molar-refractivity contribution in [1.29, 1.82) is 0 Å². The first kappa shape index (κ1) is 11.5. The van der Waals surface area contributed by atoms with Gasteiger partial charge in [-0.05, 0) is 28.7 Å². The van der Waals surface area contributed by atoms with Gasteiger partial charge < -0.3 is 14.8 Å². The lowest BCUT2D eigenvalue weighted by Crippen LogP contribution is -2.18. The third-order valence-electron chi connectivity index (χ3n) is 2.89. The number of rotatable bonds is 1. The number of para-hydroxylation sites is 1. The van der Waals surface area contributed by atoms with Gasteiger partial charge >= 0.3 is 0 Å². The van der Waals surface area contributed by atoms with Gasteiger partial charge in [-0.25, -0.2) is 0 Å². The summed E-state index contributed by atoms with van der Waals surface area (Å²) in [6, 6.07) is 7.61. The second-order valence-corrected chi connectivity index (χ2v) is 5.07. The largest absolute Gasteiger partial charge is 0.492 e. The predicted molar refractivity (Wildman–Crippen MR) is 73.0 cm³/mol. The molecule has 0 fully saturated rings. The maximum atomic E-state index is 11.6. The molecule has 2 aromatic rings. The lowest BCUT2D eigenvalue weighted by molar-refractivity contribution is 0.338. The van der Waals surface area contributed by atoms with Gasteiger partial charge in [0.15, 0.2) is 0 Å². The van der Waals surface area contributed by atoms with Gasteiger partial charge in [0.2, 0.25) is 5.88 Å². The lowest BCUT2D eigenvalue weighted by Gasteiger charge is -2.08. The Balaban J connectivity index is 2.11. The molecule has 1 aromatic heterocycles. The highest BCUT2D eigenvalue weighted by atomic mass is 127. The zero-order valence-corrected chi connectivity index (χ0v) is 11.3. The van der Waals surface area contributed by atoms with Crippen LogP contribution in [0.5, 0.6) is 11.6 Å². The third kappa shape index (κ3) is 1.76. The predicted octanol–water partition coefficient (Wildman–Crippen LogP) is 1.60. The van der Waals surface area contributed by atoms with Crippen molar-refractivity contribution < 1.29 is 9.84 Å². The number of nitrogens with zero attached hydrogens (tertiary/aromatic N) is 1. The number of benzene rings is 1. The summed E-state index contributed by atoms with van der Waals surface area (Å²) in [5, 5.41) is 9.61. The Bertz CT molecular complexity index is 669. The van der Waals surface area contributed by atoms with Crippen LogP contribution in [0, 0.1) is 3.57 Å². The molecule has 0 radical (unpaired) electrons. The maximum Gasteiger partial charge on any atom is 0.268 e. The van der Waals surface area contributed by atoms with Crippen LogP contribution in [-0.4, -0.2) is 21.7 Å². The number of aromatic hydroxyl groups is 1. The first-order chi connectivity index (χ1) is 8.66. The minimum atomic E-state index is -0.331. The number of hydrogen-bond acceptors (Lipinski definition) is 4. The molecule has 2 heterocycles. The maximum absolute atomic E-state index is 11.6. The van der Waals surface area contributed by atoms with Gasteiger partial charge in [0.25, 0.3) is 5.56 Å². The van der Waals surface area contributed by atoms with E-state index in [4.69, 9.17) is 4.74 Å². The molecule has 1 unspecified atom stereocenters. The molecule has 0 aliphatic carbocycles. The highest BCUT2D eigenvalue weighted by Crippen LogP contribution is 2.36. The Labute approximate surface area is 116 Å². The number of nitrogens with one attached hydrogen (secondary N) is 1. The summed E-state index contributed by atoms with van der Waals surface area (Å²) in [4.78, 5) is 18.3. The van der Waals surface area contributed by atoms with Gasteiger partial charge in [0.1, 0.15) is 21.8 Å². The summed E-state index contributed by atoms with van der Waals surface area (Å²) >= 11 is 1.76. The van der Waals surface area contributed by atoms with Gasteiger partial charge in [-0.15, -0.1) is 0 Å². The topological polar surface area (TPSA) is 75.2 Å². The number of fused-ring (bicyclic) bond motifs is 1. The molecule has 0 saturated carbocycles. The van der Waals surface area contributed by atoms with E-state index < -0.39 is 0 Å². The van der Waals surface area contributed by atoms with Crippen LogP contribution in [0.25, 0.3) is 0 Å². The number of H-pyrrole nitrogens is 1. The average molecular weight is 356 g/mol. The zero-order chi connectivity index (χ0) is 12.7. The molecular formula is C12H9IN2O3. The van der Waals surface area contributed by atoms with Crippen molar-refractivity contribution >= 4 is 22.6 Å². The number of aromatic nitrogens is 2. The lowest BCUT2D eigenvalue weighted by atomic mass is 10.0. The minimum Gasteiger partial charge on any atom is -0.492 e. The van der Waals surface area contributed by atoms with Crippen molar-refractivity contribution in [3.8, 4) is 11.6 Å². The van der Waals surface area contributed by atoms with Crippen LogP contribution in [0.1, 0.15) is 17.3 Å². The molecule has 0 spiro atoms. The van der Waals surface area contributed by atoms with E-state index in [1.807, 2.05) is 24.3 Å². The van der Waals surface area contributed by atoms with E-state index in [0.717, 1.165) is 11.3 Å². The molecule has 5 nitrogen and oxygen atoms in total. The van der Waals surface area contributed by atoms with Gasteiger partial charge in [-0.3, -0.25) is 4.79 Å². The van der Waals surface area contributed by atoms with Crippen molar-refractivity contribution in [2.45, 2.75) is 5.92 Å². The highest BCUT2D eigenvalue weighted by molar-refractivity contribution is 14.1. The Morgan fingerprint density at radius 3 is 3.00 bits per heavy atom. The normalized spacial score (nSPS) is 17.3. The van der Waals surface area contributed by atoms with Crippen molar-refractivity contribution in [2.75, 3.05) is 6.61 Å². The second kappa shape index (κ2) is 4.27. The molecule has 18 heavy (non-hydrogen) atoms. The molecule has 3 rings (SSSR count). The minimum absolute atomic E-state index is 0.142. The molecule has 0 amide bonds. The third-order valence-corrected chi connectivity index (χ3v) is 3.87. The number of halogens is 1. The zero-order valence-electron chi connectivity index (χ0n) is 9.18. The molecule has 0 saturated heterocycles. The van der Waals surface area contributed by atoms with Crippen LogP contribution in [0.2, 0.25) is 0 Å². The van der Waals surface area contributed by atoms with E-state index in [-0.39, 0.29) is 20.9 Å². The van der Waals surface area contributed by atoms with E-state index in [1.165, 1.54) is 0 Å². The van der Waals surface area contributed by atoms with Crippen LogP contribution in [0.3, 0.4) is 0 Å². The van der Waals surface area contributed by atoms with E-state index in [1.54, 1.807) is 22.6 Å². The molecule has 1 aromatic carbocycles. The summed E-state index contributed by atoms with van der Waals surface area (Å²) < 4.78 is 5.73. The molecule has 6 heteroatoms. The number of hydrogen-bond donors (Lipinski definition) is 2. The van der Waals surface area contributed by atoms with Crippen LogP contribution >= 0.6 is 22.6 Å². The van der Waals surface area contributed by atoms with Crippen LogP contribution < -0.4 is 10.3 Å². The Hall–Kier alpha value is -1.57. The van der Waals surface area contributed by atoms with Crippen molar-refractivity contribution in [3.05, 3.63) is 49.6 Å². The molecule has 2 N–H and O–H groups in total. The Morgan fingerprint density at radius 1 is 1.44 bits per heavy atom. The van der Waals surface area contributed by atoms with E-state index in [9.17, 15) is 9.90 Å².